The molecule has 1 aromatic heterocycles. The number of halogens is 6. The lowest BCUT2D eigenvalue weighted by atomic mass is 9.94. The van der Waals surface area contributed by atoms with Crippen LogP contribution in [0.25, 0.3) is 22.3 Å². The summed E-state index contributed by atoms with van der Waals surface area (Å²) >= 11 is 0. The zero-order chi connectivity index (χ0) is 21.9. The van der Waals surface area contributed by atoms with Crippen LogP contribution in [0.1, 0.15) is 5.56 Å². The van der Waals surface area contributed by atoms with E-state index in [-0.39, 0.29) is 27.8 Å². The molecular weight excluding hydrogens is 414 g/mol. The van der Waals surface area contributed by atoms with Gasteiger partial charge < -0.3 is 9.47 Å². The SMILES string of the molecule is N#Cc1c(-c2ccccc2OC(F)(F)F)cncc1-c1ccccc1OC(F)(F)F. The average molecular weight is 424 g/mol. The lowest BCUT2D eigenvalue weighted by Crippen LogP contribution is -2.18. The topological polar surface area (TPSA) is 55.1 Å². The molecule has 0 saturated heterocycles. The second-order valence-electron chi connectivity index (χ2n) is 5.81. The molecule has 3 aromatic rings. The molecule has 0 saturated carbocycles. The Balaban J connectivity index is 2.20. The first-order valence-electron chi connectivity index (χ1n) is 8.17. The summed E-state index contributed by atoms with van der Waals surface area (Å²) in [5.74, 6) is -1.17. The van der Waals surface area contributed by atoms with Gasteiger partial charge in [0.05, 0.1) is 5.56 Å². The van der Waals surface area contributed by atoms with Gasteiger partial charge in [0, 0.05) is 34.6 Å². The Labute approximate surface area is 165 Å². The summed E-state index contributed by atoms with van der Waals surface area (Å²) in [7, 11) is 0. The molecule has 0 fully saturated rings. The number of rotatable bonds is 4. The third-order valence-electron chi connectivity index (χ3n) is 3.86. The fourth-order valence-corrected chi connectivity index (χ4v) is 2.80. The monoisotopic (exact) mass is 424 g/mol. The molecule has 0 amide bonds. The molecule has 10 heteroatoms. The quantitative estimate of drug-likeness (QED) is 0.476. The van der Waals surface area contributed by atoms with Crippen LogP contribution in [0, 0.1) is 11.3 Å². The molecule has 0 aliphatic heterocycles. The highest BCUT2D eigenvalue weighted by Crippen LogP contribution is 2.40. The largest absolute Gasteiger partial charge is 0.573 e. The van der Waals surface area contributed by atoms with Crippen molar-refractivity contribution in [3.8, 4) is 39.8 Å². The van der Waals surface area contributed by atoms with Crippen LogP contribution in [-0.4, -0.2) is 17.7 Å². The maximum Gasteiger partial charge on any atom is 0.573 e. The van der Waals surface area contributed by atoms with E-state index in [2.05, 4.69) is 14.5 Å². The number of pyridine rings is 1. The standard InChI is InChI=1S/C20H10F6N2O2/c21-19(22,23)29-17-7-3-1-5-12(17)15-10-28-11-16(14(15)9-27)13-6-2-4-8-18(13)30-20(24,25)26/h1-8,10-11H. The van der Waals surface area contributed by atoms with Crippen LogP contribution in [0.2, 0.25) is 0 Å². The normalized spacial score (nSPS) is 11.6. The number of hydrogen-bond donors (Lipinski definition) is 0. The van der Waals surface area contributed by atoms with Gasteiger partial charge in [-0.25, -0.2) is 0 Å². The summed E-state index contributed by atoms with van der Waals surface area (Å²) in [5, 5.41) is 9.66. The van der Waals surface area contributed by atoms with Crippen LogP contribution >= 0.6 is 0 Å². The van der Waals surface area contributed by atoms with Crippen molar-refractivity contribution in [1.29, 1.82) is 5.26 Å². The summed E-state index contributed by atoms with van der Waals surface area (Å²) in [4.78, 5) is 3.90. The summed E-state index contributed by atoms with van der Waals surface area (Å²) < 4.78 is 84.5. The lowest BCUT2D eigenvalue weighted by Gasteiger charge is -2.17. The molecule has 0 atom stereocenters. The zero-order valence-corrected chi connectivity index (χ0v) is 14.8. The van der Waals surface area contributed by atoms with E-state index < -0.39 is 24.2 Å². The minimum atomic E-state index is -4.99. The molecule has 1 heterocycles. The molecule has 0 aliphatic carbocycles. The summed E-state index contributed by atoms with van der Waals surface area (Å²) in [6.07, 6.45) is -7.70. The Kier molecular flexibility index (Phi) is 5.56. The van der Waals surface area contributed by atoms with Gasteiger partial charge >= 0.3 is 12.7 Å². The summed E-state index contributed by atoms with van der Waals surface area (Å²) in [5.41, 5.74) is -0.486. The van der Waals surface area contributed by atoms with Gasteiger partial charge in [0.15, 0.2) is 0 Å². The number of ether oxygens (including phenoxy) is 2. The molecular formula is C20H10F6N2O2. The fraction of sp³-hybridized carbons (Fsp3) is 0.100. The molecule has 0 bridgehead atoms. The number of benzene rings is 2. The molecule has 0 unspecified atom stereocenters. The van der Waals surface area contributed by atoms with Crippen molar-refractivity contribution >= 4 is 0 Å². The van der Waals surface area contributed by atoms with E-state index in [0.29, 0.717) is 0 Å². The fourth-order valence-electron chi connectivity index (χ4n) is 2.80. The number of nitrogens with zero attached hydrogens (tertiary/aromatic N) is 2. The maximum atomic E-state index is 12.7. The summed E-state index contributed by atoms with van der Waals surface area (Å²) in [6.45, 7) is 0. The van der Waals surface area contributed by atoms with Crippen molar-refractivity contribution in [3.63, 3.8) is 0 Å². The Bertz CT molecular complexity index is 1030. The van der Waals surface area contributed by atoms with E-state index in [9.17, 15) is 31.6 Å². The average Bonchev–Trinajstić information content (AvgIpc) is 2.66. The van der Waals surface area contributed by atoms with Crippen LogP contribution in [0.5, 0.6) is 11.5 Å². The van der Waals surface area contributed by atoms with Gasteiger partial charge in [-0.3, -0.25) is 4.98 Å². The number of hydrogen-bond acceptors (Lipinski definition) is 4. The highest BCUT2D eigenvalue weighted by molar-refractivity contribution is 5.85. The second kappa shape index (κ2) is 7.94. The van der Waals surface area contributed by atoms with Crippen molar-refractivity contribution < 1.29 is 35.8 Å². The molecule has 0 spiro atoms. The number of nitriles is 1. The van der Waals surface area contributed by atoms with Gasteiger partial charge in [-0.05, 0) is 12.1 Å². The van der Waals surface area contributed by atoms with Crippen molar-refractivity contribution in [2.24, 2.45) is 0 Å². The maximum absolute atomic E-state index is 12.7. The number of para-hydroxylation sites is 2. The Morgan fingerprint density at radius 1 is 0.667 bits per heavy atom. The highest BCUT2D eigenvalue weighted by Gasteiger charge is 2.34. The minimum Gasteiger partial charge on any atom is -0.405 e. The van der Waals surface area contributed by atoms with Crippen molar-refractivity contribution in [2.45, 2.75) is 12.7 Å². The first kappa shape index (κ1) is 21.0. The third kappa shape index (κ3) is 4.81. The molecule has 3 rings (SSSR count). The van der Waals surface area contributed by atoms with Gasteiger partial charge in [-0.1, -0.05) is 36.4 Å². The van der Waals surface area contributed by atoms with Crippen LogP contribution in [-0.2, 0) is 0 Å². The highest BCUT2D eigenvalue weighted by atomic mass is 19.4. The van der Waals surface area contributed by atoms with Gasteiger partial charge in [-0.2, -0.15) is 5.26 Å². The predicted octanol–water partition coefficient (Wildman–Crippen LogP) is 6.08. The van der Waals surface area contributed by atoms with Crippen molar-refractivity contribution in [2.75, 3.05) is 0 Å². The first-order chi connectivity index (χ1) is 14.1. The molecule has 0 radical (unpaired) electrons. The Morgan fingerprint density at radius 2 is 1.07 bits per heavy atom. The Morgan fingerprint density at radius 3 is 1.43 bits per heavy atom. The smallest absolute Gasteiger partial charge is 0.405 e. The number of alkyl halides is 6. The van der Waals surface area contributed by atoms with Gasteiger partial charge in [-0.15, -0.1) is 26.3 Å². The molecule has 0 aliphatic rings. The van der Waals surface area contributed by atoms with Gasteiger partial charge in [0.2, 0.25) is 0 Å². The van der Waals surface area contributed by atoms with E-state index in [1.54, 1.807) is 0 Å². The van der Waals surface area contributed by atoms with E-state index in [4.69, 9.17) is 0 Å². The number of aromatic nitrogens is 1. The predicted molar refractivity (Wildman–Crippen MR) is 93.2 cm³/mol. The van der Waals surface area contributed by atoms with Crippen molar-refractivity contribution in [1.82, 2.24) is 4.98 Å². The molecule has 154 valence electrons. The Hall–Kier alpha value is -3.74. The summed E-state index contributed by atoms with van der Waals surface area (Å²) in [6, 6.07) is 12.0. The van der Waals surface area contributed by atoms with Gasteiger partial charge in [0.1, 0.15) is 17.6 Å². The van der Waals surface area contributed by atoms with E-state index in [1.165, 1.54) is 36.4 Å². The van der Waals surface area contributed by atoms with Crippen LogP contribution in [0.15, 0.2) is 60.9 Å². The molecule has 2 aromatic carbocycles. The van der Waals surface area contributed by atoms with Crippen LogP contribution < -0.4 is 9.47 Å². The molecule has 4 nitrogen and oxygen atoms in total. The second-order valence-corrected chi connectivity index (χ2v) is 5.81. The van der Waals surface area contributed by atoms with E-state index in [1.807, 2.05) is 6.07 Å². The van der Waals surface area contributed by atoms with Crippen LogP contribution in [0.3, 0.4) is 0 Å². The first-order valence-corrected chi connectivity index (χ1v) is 8.17. The third-order valence-corrected chi connectivity index (χ3v) is 3.86. The van der Waals surface area contributed by atoms with E-state index in [0.717, 1.165) is 24.5 Å². The zero-order valence-electron chi connectivity index (χ0n) is 14.8. The molecule has 0 N–H and O–H groups in total. The lowest BCUT2D eigenvalue weighted by molar-refractivity contribution is -0.275. The van der Waals surface area contributed by atoms with Crippen LogP contribution in [0.4, 0.5) is 26.3 Å². The molecule has 30 heavy (non-hydrogen) atoms. The van der Waals surface area contributed by atoms with E-state index >= 15 is 0 Å². The van der Waals surface area contributed by atoms with Crippen molar-refractivity contribution in [3.05, 3.63) is 66.5 Å². The van der Waals surface area contributed by atoms with Gasteiger partial charge in [0.25, 0.3) is 0 Å². The minimum absolute atomic E-state index is 0.0448.